The molecule has 0 fully saturated rings. The zero-order valence-electron chi connectivity index (χ0n) is 21.6. The van der Waals surface area contributed by atoms with Gasteiger partial charge < -0.3 is 18.6 Å². The summed E-state index contributed by atoms with van der Waals surface area (Å²) in [5.41, 5.74) is 5.28. The number of aromatic nitrogens is 1. The smallest absolute Gasteiger partial charge is 0.373 e. The predicted molar refractivity (Wildman–Crippen MR) is 140 cm³/mol. The van der Waals surface area contributed by atoms with Gasteiger partial charge in [-0.1, -0.05) is 31.2 Å². The Morgan fingerprint density at radius 1 is 1.11 bits per heavy atom. The van der Waals surface area contributed by atoms with Crippen LogP contribution >= 0.6 is 0 Å². The van der Waals surface area contributed by atoms with Crippen molar-refractivity contribution in [2.45, 2.75) is 65.9 Å². The van der Waals surface area contributed by atoms with Crippen molar-refractivity contribution in [2.75, 3.05) is 13.2 Å². The van der Waals surface area contributed by atoms with E-state index in [1.54, 1.807) is 0 Å². The lowest BCUT2D eigenvalue weighted by atomic mass is 10.0. The van der Waals surface area contributed by atoms with Gasteiger partial charge in [-0.2, -0.15) is 0 Å². The van der Waals surface area contributed by atoms with Crippen molar-refractivity contribution in [3.05, 3.63) is 76.4 Å². The summed E-state index contributed by atoms with van der Waals surface area (Å²) in [5, 5.41) is 0. The van der Waals surface area contributed by atoms with Crippen LogP contribution in [0.2, 0.25) is 0 Å². The highest BCUT2D eigenvalue weighted by molar-refractivity contribution is 5.92. The highest BCUT2D eigenvalue weighted by atomic mass is 16.6. The molecule has 0 N–H and O–H groups in total. The second-order valence-corrected chi connectivity index (χ2v) is 9.02. The number of hydrogen-bond donors (Lipinski definition) is 0. The molecule has 0 radical (unpaired) electrons. The van der Waals surface area contributed by atoms with Gasteiger partial charge in [-0.25, -0.2) is 9.78 Å². The maximum absolute atomic E-state index is 12.6. The fourth-order valence-electron chi connectivity index (χ4n) is 4.37. The summed E-state index contributed by atoms with van der Waals surface area (Å²) in [6, 6.07) is 13.9. The van der Waals surface area contributed by atoms with Gasteiger partial charge in [0.15, 0.2) is 0 Å². The van der Waals surface area contributed by atoms with E-state index in [0.29, 0.717) is 25.5 Å². The lowest BCUT2D eigenvalue weighted by Gasteiger charge is -2.15. The number of benzene rings is 2. The quantitative estimate of drug-likeness (QED) is 0.174. The highest BCUT2D eigenvalue weighted by Gasteiger charge is 2.22. The first kappa shape index (κ1) is 25.5. The molecule has 3 aromatic rings. The Morgan fingerprint density at radius 2 is 1.89 bits per heavy atom. The monoisotopic (exact) mass is 489 g/mol. The average molecular weight is 490 g/mol. The van der Waals surface area contributed by atoms with E-state index in [0.717, 1.165) is 54.0 Å². The topological polar surface area (TPSA) is 70.8 Å². The minimum absolute atomic E-state index is 0.153. The molecule has 0 spiro atoms. The first-order chi connectivity index (χ1) is 17.5. The second kappa shape index (κ2) is 11.9. The molecular weight excluding hydrogens is 454 g/mol. The molecule has 0 saturated carbocycles. The first-order valence-electron chi connectivity index (χ1n) is 12.8. The van der Waals surface area contributed by atoms with E-state index in [1.165, 1.54) is 11.1 Å². The van der Waals surface area contributed by atoms with Gasteiger partial charge in [0.2, 0.25) is 11.6 Å². The average Bonchev–Trinajstić information content (AvgIpc) is 3.53. The Labute approximate surface area is 213 Å². The molecule has 1 aliphatic rings. The van der Waals surface area contributed by atoms with Crippen LogP contribution in [0.15, 0.2) is 52.6 Å². The third-order valence-corrected chi connectivity index (χ3v) is 6.46. The lowest BCUT2D eigenvalue weighted by molar-refractivity contribution is -0.147. The first-order valence-corrected chi connectivity index (χ1v) is 12.8. The van der Waals surface area contributed by atoms with Crippen LogP contribution in [0, 0.1) is 6.92 Å². The van der Waals surface area contributed by atoms with Gasteiger partial charge in [-0.05, 0) is 87.4 Å². The van der Waals surface area contributed by atoms with Crippen LogP contribution in [-0.2, 0) is 33.5 Å². The predicted octanol–water partition coefficient (Wildman–Crippen LogP) is 6.48. The SMILES string of the molecule is CCO/C(=C\c1ccc(OCCc2nc(-c3ccccc3)oc2C)c2c1CCC2)C(=O)OC(C)CC. The van der Waals surface area contributed by atoms with Gasteiger partial charge >= 0.3 is 5.97 Å². The molecule has 1 aliphatic carbocycles. The summed E-state index contributed by atoms with van der Waals surface area (Å²) in [4.78, 5) is 17.3. The van der Waals surface area contributed by atoms with Gasteiger partial charge in [0.1, 0.15) is 11.5 Å². The van der Waals surface area contributed by atoms with Crippen molar-refractivity contribution < 1.29 is 23.4 Å². The standard InChI is InChI=1S/C30H35NO5/c1-5-20(3)35-30(32)28(33-6-2)19-23-15-16-27(25-14-10-13-24(23)25)34-18-17-26-21(4)36-29(31-26)22-11-8-7-9-12-22/h7-9,11-12,15-16,19-20H,5-6,10,13-14,17-18H2,1-4H3/b28-19-. The van der Waals surface area contributed by atoms with Crippen molar-refractivity contribution in [1.29, 1.82) is 0 Å². The number of carbonyl (C=O) groups is 1. The van der Waals surface area contributed by atoms with Crippen molar-refractivity contribution in [3.8, 4) is 17.2 Å². The normalized spacial score (nSPS) is 13.8. The number of fused-ring (bicyclic) bond motifs is 1. The van der Waals surface area contributed by atoms with Gasteiger partial charge in [0.05, 0.1) is 25.0 Å². The third kappa shape index (κ3) is 5.99. The molecule has 6 nitrogen and oxygen atoms in total. The fraction of sp³-hybridized carbons (Fsp3) is 0.400. The molecule has 1 aromatic heterocycles. The molecule has 4 rings (SSSR count). The molecule has 1 heterocycles. The van der Waals surface area contributed by atoms with E-state index in [-0.39, 0.29) is 11.9 Å². The number of nitrogens with zero attached hydrogens (tertiary/aromatic N) is 1. The maximum atomic E-state index is 12.6. The van der Waals surface area contributed by atoms with Crippen LogP contribution in [0.4, 0.5) is 0 Å². The Morgan fingerprint density at radius 3 is 2.64 bits per heavy atom. The largest absolute Gasteiger partial charge is 0.493 e. The molecule has 1 atom stereocenters. The van der Waals surface area contributed by atoms with Crippen LogP contribution < -0.4 is 4.74 Å². The molecule has 0 aliphatic heterocycles. The van der Waals surface area contributed by atoms with E-state index in [4.69, 9.17) is 18.6 Å². The van der Waals surface area contributed by atoms with Crippen LogP contribution in [0.3, 0.4) is 0 Å². The minimum atomic E-state index is -0.420. The molecule has 6 heteroatoms. The summed E-state index contributed by atoms with van der Waals surface area (Å²) in [5.74, 6) is 2.17. The maximum Gasteiger partial charge on any atom is 0.373 e. The fourth-order valence-corrected chi connectivity index (χ4v) is 4.37. The summed E-state index contributed by atoms with van der Waals surface area (Å²) < 4.78 is 23.2. The Hall–Kier alpha value is -3.54. The molecular formula is C30H35NO5. The number of rotatable bonds is 11. The second-order valence-electron chi connectivity index (χ2n) is 9.02. The van der Waals surface area contributed by atoms with Crippen LogP contribution in [-0.4, -0.2) is 30.3 Å². The number of aryl methyl sites for hydroxylation is 1. The molecule has 0 amide bonds. The third-order valence-electron chi connectivity index (χ3n) is 6.46. The number of ether oxygens (including phenoxy) is 3. The van der Waals surface area contributed by atoms with Crippen molar-refractivity contribution >= 4 is 12.0 Å². The van der Waals surface area contributed by atoms with E-state index in [1.807, 2.05) is 76.2 Å². The van der Waals surface area contributed by atoms with Gasteiger partial charge in [-0.15, -0.1) is 0 Å². The molecule has 1 unspecified atom stereocenters. The summed E-state index contributed by atoms with van der Waals surface area (Å²) >= 11 is 0. The zero-order chi connectivity index (χ0) is 25.5. The number of hydrogen-bond acceptors (Lipinski definition) is 6. The van der Waals surface area contributed by atoms with E-state index in [2.05, 4.69) is 4.98 Å². The highest BCUT2D eigenvalue weighted by Crippen LogP contribution is 2.35. The molecule has 0 bridgehead atoms. The summed E-state index contributed by atoms with van der Waals surface area (Å²) in [6.45, 7) is 8.59. The number of oxazole rings is 1. The molecule has 36 heavy (non-hydrogen) atoms. The number of carbonyl (C=O) groups excluding carboxylic acids is 1. The van der Waals surface area contributed by atoms with E-state index < -0.39 is 5.97 Å². The van der Waals surface area contributed by atoms with Gasteiger partial charge in [0, 0.05) is 12.0 Å². The van der Waals surface area contributed by atoms with Crippen molar-refractivity contribution in [1.82, 2.24) is 4.98 Å². The summed E-state index contributed by atoms with van der Waals surface area (Å²) in [6.07, 6.45) is 6.03. The van der Waals surface area contributed by atoms with E-state index >= 15 is 0 Å². The minimum Gasteiger partial charge on any atom is -0.493 e. The molecule has 2 aromatic carbocycles. The Balaban J connectivity index is 1.47. The Bertz CT molecular complexity index is 1210. The van der Waals surface area contributed by atoms with Crippen molar-refractivity contribution in [2.24, 2.45) is 0 Å². The zero-order valence-corrected chi connectivity index (χ0v) is 21.6. The molecule has 190 valence electrons. The van der Waals surface area contributed by atoms with Crippen LogP contribution in [0.5, 0.6) is 5.75 Å². The van der Waals surface area contributed by atoms with Crippen LogP contribution in [0.25, 0.3) is 17.5 Å². The lowest BCUT2D eigenvalue weighted by Crippen LogP contribution is -2.17. The van der Waals surface area contributed by atoms with E-state index in [9.17, 15) is 4.79 Å². The number of esters is 1. The van der Waals surface area contributed by atoms with Crippen molar-refractivity contribution in [3.63, 3.8) is 0 Å². The Kier molecular flexibility index (Phi) is 8.47. The molecule has 0 saturated heterocycles. The van der Waals surface area contributed by atoms with Crippen LogP contribution in [0.1, 0.15) is 61.8 Å². The summed E-state index contributed by atoms with van der Waals surface area (Å²) in [7, 11) is 0. The van der Waals surface area contributed by atoms with Gasteiger partial charge in [-0.3, -0.25) is 0 Å². The van der Waals surface area contributed by atoms with Gasteiger partial charge in [0.25, 0.3) is 0 Å².